The van der Waals surface area contributed by atoms with E-state index in [1.807, 2.05) is 22.8 Å². The van der Waals surface area contributed by atoms with E-state index < -0.39 is 12.7 Å². The molecule has 2 fully saturated rings. The number of rotatable bonds is 4. The molecule has 0 N–H and O–H groups in total. The Hall–Kier alpha value is -2.96. The van der Waals surface area contributed by atoms with Crippen molar-refractivity contribution < 1.29 is 17.6 Å². The topological polar surface area (TPSA) is 56.6 Å². The molecule has 13 heteroatoms. The van der Waals surface area contributed by atoms with Crippen molar-refractivity contribution in [2.75, 3.05) is 55.6 Å². The Kier molecular flexibility index (Phi) is 6.43. The summed E-state index contributed by atoms with van der Waals surface area (Å²) >= 11 is 6.35. The molecule has 3 aliphatic heterocycles. The van der Waals surface area contributed by atoms with Gasteiger partial charge in [0.1, 0.15) is 11.6 Å². The summed E-state index contributed by atoms with van der Waals surface area (Å²) in [4.78, 5) is 12.3. The number of pyridine rings is 1. The summed E-state index contributed by atoms with van der Waals surface area (Å²) in [7, 11) is 0. The van der Waals surface area contributed by atoms with E-state index in [0.717, 1.165) is 28.8 Å². The van der Waals surface area contributed by atoms with Crippen LogP contribution in [0.3, 0.4) is 0 Å². The van der Waals surface area contributed by atoms with E-state index in [1.54, 1.807) is 13.0 Å². The number of piperazine rings is 1. The second-order valence-corrected chi connectivity index (χ2v) is 10.5. The number of hydrogen-bond acceptors (Lipinski definition) is 7. The predicted molar refractivity (Wildman–Crippen MR) is 135 cm³/mol. The molecule has 8 nitrogen and oxygen atoms in total. The lowest BCUT2D eigenvalue weighted by molar-refractivity contribution is -0.161. The SMILES string of the molecule is Cc1nc(N2CCN(c3nnc4n3-c3ccc(Cl)cc3CN(C3CN(CC(F)(F)F)C3)C4)CC2)ccc1F. The Balaban J connectivity index is 1.23. The van der Waals surface area contributed by atoms with Crippen LogP contribution in [0.2, 0.25) is 5.02 Å². The number of benzene rings is 1. The lowest BCUT2D eigenvalue weighted by atomic mass is 10.1. The molecule has 38 heavy (non-hydrogen) atoms. The zero-order valence-electron chi connectivity index (χ0n) is 20.8. The number of hydrogen-bond donors (Lipinski definition) is 0. The van der Waals surface area contributed by atoms with Gasteiger partial charge in [-0.3, -0.25) is 14.4 Å². The lowest BCUT2D eigenvalue weighted by Gasteiger charge is -2.45. The molecule has 5 heterocycles. The molecule has 0 radical (unpaired) electrons. The highest BCUT2D eigenvalue weighted by Crippen LogP contribution is 2.33. The van der Waals surface area contributed by atoms with Crippen molar-refractivity contribution in [1.29, 1.82) is 0 Å². The van der Waals surface area contributed by atoms with Crippen molar-refractivity contribution in [2.45, 2.75) is 32.2 Å². The summed E-state index contributed by atoms with van der Waals surface area (Å²) in [6.45, 7) is 5.26. The molecule has 6 rings (SSSR count). The highest BCUT2D eigenvalue weighted by Gasteiger charge is 2.40. The fraction of sp³-hybridized carbons (Fsp3) is 0.480. The second kappa shape index (κ2) is 9.65. The van der Waals surface area contributed by atoms with E-state index in [9.17, 15) is 17.6 Å². The van der Waals surface area contributed by atoms with Crippen molar-refractivity contribution in [3.63, 3.8) is 0 Å². The van der Waals surface area contributed by atoms with Crippen molar-refractivity contribution in [2.24, 2.45) is 0 Å². The van der Waals surface area contributed by atoms with Gasteiger partial charge < -0.3 is 9.80 Å². The first-order chi connectivity index (χ1) is 18.1. The number of aromatic nitrogens is 4. The number of alkyl halides is 3. The average molecular weight is 551 g/mol. The van der Waals surface area contributed by atoms with Gasteiger partial charge in [0, 0.05) is 56.9 Å². The van der Waals surface area contributed by atoms with Crippen molar-refractivity contribution in [1.82, 2.24) is 29.5 Å². The molecule has 0 spiro atoms. The third-order valence-electron chi connectivity index (χ3n) is 7.46. The van der Waals surface area contributed by atoms with E-state index in [2.05, 4.69) is 29.9 Å². The Morgan fingerprint density at radius 2 is 1.71 bits per heavy atom. The molecule has 0 bridgehead atoms. The highest BCUT2D eigenvalue weighted by atomic mass is 35.5. The Labute approximate surface area is 222 Å². The minimum atomic E-state index is -4.20. The number of halogens is 5. The monoisotopic (exact) mass is 550 g/mol. The van der Waals surface area contributed by atoms with Gasteiger partial charge in [-0.15, -0.1) is 10.2 Å². The number of aryl methyl sites for hydroxylation is 1. The van der Waals surface area contributed by atoms with Gasteiger partial charge in [-0.25, -0.2) is 9.37 Å². The summed E-state index contributed by atoms with van der Waals surface area (Å²) in [6.07, 6.45) is -4.20. The van der Waals surface area contributed by atoms with Crippen molar-refractivity contribution in [3.8, 4) is 5.69 Å². The van der Waals surface area contributed by atoms with E-state index in [4.69, 9.17) is 11.6 Å². The molecule has 0 amide bonds. The van der Waals surface area contributed by atoms with Crippen LogP contribution in [0.15, 0.2) is 30.3 Å². The molecule has 3 aliphatic rings. The maximum atomic E-state index is 13.7. The first-order valence-corrected chi connectivity index (χ1v) is 12.9. The largest absolute Gasteiger partial charge is 0.401 e. The summed E-state index contributed by atoms with van der Waals surface area (Å²) in [6, 6.07) is 8.84. The van der Waals surface area contributed by atoms with Crippen molar-refractivity contribution in [3.05, 3.63) is 58.3 Å². The number of nitrogens with zero attached hydrogens (tertiary/aromatic N) is 8. The van der Waals surface area contributed by atoms with Gasteiger partial charge in [-0.1, -0.05) is 11.6 Å². The smallest absolute Gasteiger partial charge is 0.353 e. The lowest BCUT2D eigenvalue weighted by Crippen LogP contribution is -2.60. The number of likely N-dealkylation sites (tertiary alicyclic amines) is 1. The zero-order chi connectivity index (χ0) is 26.6. The fourth-order valence-electron chi connectivity index (χ4n) is 5.47. The molecule has 2 saturated heterocycles. The quantitative estimate of drug-likeness (QED) is 0.460. The molecular formula is C25H27ClF4N8. The van der Waals surface area contributed by atoms with Crippen LogP contribution in [0.25, 0.3) is 5.69 Å². The second-order valence-electron chi connectivity index (χ2n) is 10.1. The first kappa shape index (κ1) is 25.3. The Morgan fingerprint density at radius 3 is 2.42 bits per heavy atom. The van der Waals surface area contributed by atoms with Gasteiger partial charge in [0.05, 0.1) is 24.5 Å². The minimum absolute atomic E-state index is 0.00825. The molecule has 0 atom stereocenters. The van der Waals surface area contributed by atoms with Crippen LogP contribution in [0.1, 0.15) is 17.1 Å². The molecule has 202 valence electrons. The van der Waals surface area contributed by atoms with Gasteiger partial charge in [-0.05, 0) is 42.8 Å². The number of fused-ring (bicyclic) bond motifs is 3. The van der Waals surface area contributed by atoms with Gasteiger partial charge in [0.25, 0.3) is 0 Å². The third-order valence-corrected chi connectivity index (χ3v) is 7.70. The predicted octanol–water partition coefficient (Wildman–Crippen LogP) is 3.65. The van der Waals surface area contributed by atoms with Gasteiger partial charge in [0.2, 0.25) is 5.95 Å². The molecule has 1 aromatic carbocycles. The molecule has 2 aromatic heterocycles. The number of anilines is 2. The van der Waals surface area contributed by atoms with E-state index in [1.165, 1.54) is 11.0 Å². The average Bonchev–Trinajstić information content (AvgIpc) is 3.18. The van der Waals surface area contributed by atoms with Crippen LogP contribution in [-0.2, 0) is 13.1 Å². The van der Waals surface area contributed by atoms with E-state index in [0.29, 0.717) is 63.1 Å². The molecular weight excluding hydrogens is 524 g/mol. The van der Waals surface area contributed by atoms with Crippen LogP contribution in [-0.4, -0.2) is 87.6 Å². The highest BCUT2D eigenvalue weighted by molar-refractivity contribution is 6.30. The van der Waals surface area contributed by atoms with E-state index in [-0.39, 0.29) is 11.9 Å². The summed E-state index contributed by atoms with van der Waals surface area (Å²) in [5.41, 5.74) is 2.29. The molecule has 3 aromatic rings. The maximum absolute atomic E-state index is 13.7. The minimum Gasteiger partial charge on any atom is -0.353 e. The fourth-order valence-corrected chi connectivity index (χ4v) is 5.67. The molecule has 0 unspecified atom stereocenters. The normalized spacial score (nSPS) is 19.2. The van der Waals surface area contributed by atoms with Crippen LogP contribution in [0.4, 0.5) is 29.3 Å². The van der Waals surface area contributed by atoms with Crippen LogP contribution in [0, 0.1) is 12.7 Å². The summed E-state index contributed by atoms with van der Waals surface area (Å²) in [5, 5.41) is 9.66. The Morgan fingerprint density at radius 1 is 0.974 bits per heavy atom. The maximum Gasteiger partial charge on any atom is 0.401 e. The van der Waals surface area contributed by atoms with Crippen LogP contribution >= 0.6 is 11.6 Å². The van der Waals surface area contributed by atoms with Crippen molar-refractivity contribution >= 4 is 23.4 Å². The molecule has 0 saturated carbocycles. The Bertz CT molecular complexity index is 1330. The summed E-state index contributed by atoms with van der Waals surface area (Å²) in [5.74, 6) is 1.90. The molecule has 0 aliphatic carbocycles. The van der Waals surface area contributed by atoms with Gasteiger partial charge >= 0.3 is 6.18 Å². The van der Waals surface area contributed by atoms with Gasteiger partial charge in [0.15, 0.2) is 5.82 Å². The zero-order valence-corrected chi connectivity index (χ0v) is 21.6. The van der Waals surface area contributed by atoms with Crippen LogP contribution in [0.5, 0.6) is 0 Å². The van der Waals surface area contributed by atoms with Crippen LogP contribution < -0.4 is 9.80 Å². The first-order valence-electron chi connectivity index (χ1n) is 12.5. The summed E-state index contributed by atoms with van der Waals surface area (Å²) < 4.78 is 54.2. The standard InChI is InChI=1S/C25H27ClF4N8/c1-16-20(27)3-5-22(31-16)35-6-8-36(9-7-35)24-33-32-23-14-37(19-12-34(13-19)15-25(28,29)30)11-17-10-18(26)2-4-21(17)38(23)24/h2-5,10,19H,6-9,11-15H2,1H3. The van der Waals surface area contributed by atoms with E-state index >= 15 is 0 Å². The third kappa shape index (κ3) is 4.92. The van der Waals surface area contributed by atoms with Gasteiger partial charge in [-0.2, -0.15) is 13.2 Å².